The van der Waals surface area contributed by atoms with E-state index in [1.807, 2.05) is 13.0 Å². The molecule has 28 heavy (non-hydrogen) atoms. The lowest BCUT2D eigenvalue weighted by Gasteiger charge is -2.11. The molecule has 0 bridgehead atoms. The van der Waals surface area contributed by atoms with Gasteiger partial charge in [0.15, 0.2) is 11.6 Å². The minimum absolute atomic E-state index is 0.0716. The van der Waals surface area contributed by atoms with Crippen LogP contribution in [0.15, 0.2) is 92.2 Å². The minimum atomic E-state index is -3.94. The maximum absolute atomic E-state index is 12.8. The van der Waals surface area contributed by atoms with E-state index in [4.69, 9.17) is 0 Å². The first-order valence-corrected chi connectivity index (χ1v) is 10.2. The van der Waals surface area contributed by atoms with Crippen molar-refractivity contribution >= 4 is 27.4 Å². The van der Waals surface area contributed by atoms with Crippen LogP contribution in [0.1, 0.15) is 25.0 Å². The zero-order chi connectivity index (χ0) is 20.3. The summed E-state index contributed by atoms with van der Waals surface area (Å²) in [6, 6.07) is 15.4. The molecule has 1 aliphatic rings. The van der Waals surface area contributed by atoms with E-state index < -0.39 is 10.0 Å². The number of carbonyl (C=O) groups is 1. The van der Waals surface area contributed by atoms with Gasteiger partial charge in [-0.3, -0.25) is 4.79 Å². The van der Waals surface area contributed by atoms with Gasteiger partial charge in [0.2, 0.25) is 0 Å². The molecule has 0 heterocycles. The highest BCUT2D eigenvalue weighted by Crippen LogP contribution is 2.18. The molecule has 6 heteroatoms. The highest BCUT2D eigenvalue weighted by atomic mass is 32.2. The van der Waals surface area contributed by atoms with Crippen LogP contribution in [0.2, 0.25) is 0 Å². The van der Waals surface area contributed by atoms with Gasteiger partial charge in [0.05, 0.1) is 10.6 Å². The molecule has 0 saturated heterocycles. The summed E-state index contributed by atoms with van der Waals surface area (Å²) in [4.78, 5) is 16.4. The normalized spacial score (nSPS) is 16.8. The summed E-state index contributed by atoms with van der Waals surface area (Å²) in [5.41, 5.74) is 3.24. The fourth-order valence-electron chi connectivity index (χ4n) is 2.61. The number of hydrogen-bond acceptors (Lipinski definition) is 3. The number of allylic oxidation sites excluding steroid dienone is 4. The van der Waals surface area contributed by atoms with Gasteiger partial charge < -0.3 is 0 Å². The third-order valence-electron chi connectivity index (χ3n) is 4.28. The molecule has 2 aromatic rings. The minimum Gasteiger partial charge on any atom is -0.290 e. The highest BCUT2D eigenvalue weighted by Gasteiger charge is 2.18. The SMILES string of the molecule is CC1=CC(=N/C(=N\S(=O)(=O)c2ccc(C)cc2)c2ccccc2)C(C)=CC1=O. The Hall–Kier alpha value is -3.12. The first-order valence-electron chi connectivity index (χ1n) is 8.73. The van der Waals surface area contributed by atoms with Crippen LogP contribution in [0.3, 0.4) is 0 Å². The lowest BCUT2D eigenvalue weighted by Crippen LogP contribution is -2.13. The molecule has 1 aliphatic carbocycles. The van der Waals surface area contributed by atoms with Crippen molar-refractivity contribution in [2.45, 2.75) is 25.7 Å². The number of aryl methyl sites for hydroxylation is 1. The van der Waals surface area contributed by atoms with Crippen LogP contribution in [0.4, 0.5) is 0 Å². The first kappa shape index (κ1) is 19.6. The third-order valence-corrected chi connectivity index (χ3v) is 5.56. The fraction of sp³-hybridized carbons (Fsp3) is 0.136. The maximum atomic E-state index is 12.8. The van der Waals surface area contributed by atoms with Crippen molar-refractivity contribution in [2.75, 3.05) is 0 Å². The van der Waals surface area contributed by atoms with Crippen molar-refractivity contribution in [1.29, 1.82) is 0 Å². The van der Waals surface area contributed by atoms with E-state index >= 15 is 0 Å². The monoisotopic (exact) mass is 392 g/mol. The van der Waals surface area contributed by atoms with Crippen LogP contribution >= 0.6 is 0 Å². The molecule has 2 aromatic carbocycles. The summed E-state index contributed by atoms with van der Waals surface area (Å²) in [6.45, 7) is 5.34. The zero-order valence-corrected chi connectivity index (χ0v) is 16.7. The van der Waals surface area contributed by atoms with Crippen LogP contribution in [-0.4, -0.2) is 25.7 Å². The molecule has 0 spiro atoms. The Morgan fingerprint density at radius 3 is 2.11 bits per heavy atom. The smallest absolute Gasteiger partial charge is 0.284 e. The molecular weight excluding hydrogens is 372 g/mol. The summed E-state index contributed by atoms with van der Waals surface area (Å²) in [7, 11) is -3.94. The molecular formula is C22H20N2O3S. The van der Waals surface area contributed by atoms with E-state index in [-0.39, 0.29) is 16.5 Å². The summed E-state index contributed by atoms with van der Waals surface area (Å²) >= 11 is 0. The number of benzene rings is 2. The Morgan fingerprint density at radius 1 is 0.821 bits per heavy atom. The van der Waals surface area contributed by atoms with Gasteiger partial charge in [-0.1, -0.05) is 48.0 Å². The van der Waals surface area contributed by atoms with E-state index in [0.717, 1.165) is 5.56 Å². The van der Waals surface area contributed by atoms with E-state index in [2.05, 4.69) is 9.39 Å². The Bertz CT molecular complexity index is 1140. The van der Waals surface area contributed by atoms with Gasteiger partial charge in [0, 0.05) is 5.56 Å². The molecule has 3 rings (SSSR count). The summed E-state index contributed by atoms with van der Waals surface area (Å²) in [5.74, 6) is -0.00995. The average molecular weight is 392 g/mol. The molecule has 0 fully saturated rings. The third kappa shape index (κ3) is 4.40. The van der Waals surface area contributed by atoms with Gasteiger partial charge in [0.1, 0.15) is 0 Å². The second-order valence-electron chi connectivity index (χ2n) is 6.59. The number of rotatable bonds is 3. The largest absolute Gasteiger partial charge is 0.290 e. The second-order valence-corrected chi connectivity index (χ2v) is 8.19. The van der Waals surface area contributed by atoms with Gasteiger partial charge in [-0.25, -0.2) is 4.99 Å². The number of aliphatic imine (C=N–C) groups is 1. The zero-order valence-electron chi connectivity index (χ0n) is 15.9. The quantitative estimate of drug-likeness (QED) is 0.449. The van der Waals surface area contributed by atoms with Crippen molar-refractivity contribution in [3.8, 4) is 0 Å². The molecule has 0 atom stereocenters. The number of nitrogens with zero attached hydrogens (tertiary/aromatic N) is 2. The van der Waals surface area contributed by atoms with Crippen molar-refractivity contribution in [3.05, 3.63) is 89.0 Å². The van der Waals surface area contributed by atoms with Crippen molar-refractivity contribution in [2.24, 2.45) is 9.39 Å². The fourth-order valence-corrected chi connectivity index (χ4v) is 3.57. The van der Waals surface area contributed by atoms with Gasteiger partial charge in [0.25, 0.3) is 10.0 Å². The topological polar surface area (TPSA) is 75.9 Å². The van der Waals surface area contributed by atoms with Crippen LogP contribution in [0.5, 0.6) is 0 Å². The second kappa shape index (κ2) is 7.86. The average Bonchev–Trinajstić information content (AvgIpc) is 2.66. The van der Waals surface area contributed by atoms with E-state index in [1.54, 1.807) is 56.3 Å². The standard InChI is InChI=1S/C22H20N2O3S/c1-15-9-11-19(12-10-15)28(26,27)24-22(18-7-5-4-6-8-18)23-20-13-17(3)21(25)14-16(20)2/h4-14H,1-3H3/b23-20?,24-22-. The van der Waals surface area contributed by atoms with Crippen molar-refractivity contribution in [1.82, 2.24) is 0 Å². The van der Waals surface area contributed by atoms with Crippen LogP contribution in [0, 0.1) is 6.92 Å². The van der Waals surface area contributed by atoms with Crippen molar-refractivity contribution in [3.63, 3.8) is 0 Å². The maximum Gasteiger partial charge on any atom is 0.284 e. The van der Waals surface area contributed by atoms with Crippen LogP contribution in [-0.2, 0) is 14.8 Å². The molecule has 0 N–H and O–H groups in total. The Kier molecular flexibility index (Phi) is 5.51. The van der Waals surface area contributed by atoms with Gasteiger partial charge >= 0.3 is 0 Å². The van der Waals surface area contributed by atoms with Crippen LogP contribution < -0.4 is 0 Å². The lowest BCUT2D eigenvalue weighted by molar-refractivity contribution is -0.111. The number of carbonyl (C=O) groups excluding carboxylic acids is 1. The van der Waals surface area contributed by atoms with E-state index in [9.17, 15) is 13.2 Å². The number of sulfonamides is 1. The lowest BCUT2D eigenvalue weighted by atomic mass is 9.98. The molecule has 0 aromatic heterocycles. The van der Waals surface area contributed by atoms with Gasteiger partial charge in [-0.15, -0.1) is 4.40 Å². The van der Waals surface area contributed by atoms with E-state index in [1.165, 1.54) is 18.2 Å². The van der Waals surface area contributed by atoms with Crippen LogP contribution in [0.25, 0.3) is 0 Å². The Labute approximate surface area is 164 Å². The summed E-state index contributed by atoms with van der Waals surface area (Å²) in [5, 5.41) is 0. The van der Waals surface area contributed by atoms with E-state index in [0.29, 0.717) is 22.4 Å². The Balaban J connectivity index is 2.15. The molecule has 142 valence electrons. The van der Waals surface area contributed by atoms with Gasteiger partial charge in [-0.05, 0) is 56.2 Å². The number of hydrogen-bond donors (Lipinski definition) is 0. The summed E-state index contributed by atoms with van der Waals surface area (Å²) in [6.07, 6.45) is 3.14. The molecule has 0 amide bonds. The number of amidine groups is 1. The molecule has 5 nitrogen and oxygen atoms in total. The first-order chi connectivity index (χ1) is 13.3. The molecule has 0 saturated carbocycles. The van der Waals surface area contributed by atoms with Crippen molar-refractivity contribution < 1.29 is 13.2 Å². The summed E-state index contributed by atoms with van der Waals surface area (Å²) < 4.78 is 29.7. The van der Waals surface area contributed by atoms with Gasteiger partial charge in [-0.2, -0.15) is 8.42 Å². The predicted molar refractivity (Wildman–Crippen MR) is 111 cm³/mol. The molecule has 0 radical (unpaired) electrons. The molecule has 0 aliphatic heterocycles. The Morgan fingerprint density at radius 2 is 1.46 bits per heavy atom. The predicted octanol–water partition coefficient (Wildman–Crippen LogP) is 4.05. The highest BCUT2D eigenvalue weighted by molar-refractivity contribution is 7.90. The number of ketones is 1. The molecule has 0 unspecified atom stereocenters.